The van der Waals surface area contributed by atoms with Crippen molar-refractivity contribution in [1.29, 1.82) is 0 Å². The molecule has 2 aromatic heterocycles. The first-order valence-electron chi connectivity index (χ1n) is 9.81. The van der Waals surface area contributed by atoms with Gasteiger partial charge < -0.3 is 14.8 Å². The number of hydrogen-bond donors (Lipinski definition) is 1. The second kappa shape index (κ2) is 7.01. The summed E-state index contributed by atoms with van der Waals surface area (Å²) in [7, 11) is -3.59. The first-order valence-corrected chi connectivity index (χ1v) is 12.2. The summed E-state index contributed by atoms with van der Waals surface area (Å²) in [6.07, 6.45) is 2.32. The average molecular weight is 452 g/mol. The van der Waals surface area contributed by atoms with Crippen LogP contribution in [0, 0.1) is 0 Å². The van der Waals surface area contributed by atoms with E-state index in [1.165, 1.54) is 5.41 Å². The molecule has 2 aromatic carbocycles. The van der Waals surface area contributed by atoms with Crippen LogP contribution in [0.5, 0.6) is 0 Å². The van der Waals surface area contributed by atoms with E-state index < -0.39 is 9.84 Å². The second-order valence-electron chi connectivity index (χ2n) is 7.51. The maximum atomic E-state index is 12.8. The van der Waals surface area contributed by atoms with Crippen molar-refractivity contribution in [1.82, 2.24) is 9.97 Å². The van der Waals surface area contributed by atoms with Crippen molar-refractivity contribution in [3.05, 3.63) is 59.1 Å². The third-order valence-corrected chi connectivity index (χ3v) is 7.75. The number of fused-ring (bicyclic) bond motifs is 3. The standard InChI is InChI=1S/C22H17N3O4S2/c26-31(27)11-20(29-14-4-6-28-10-14)16-8-18-15(9-22(16)31)17(3-5-23-18)25-13-1-2-21-19(7-13)24-12-30-21/h1-3,5,7-9,11-12,14H,4,6,10H2,(H,23,25)/t14-/m1/s1. The van der Waals surface area contributed by atoms with Crippen LogP contribution >= 0.6 is 11.3 Å². The Morgan fingerprint density at radius 2 is 2.06 bits per heavy atom. The largest absolute Gasteiger partial charge is 0.487 e. The van der Waals surface area contributed by atoms with Gasteiger partial charge in [0, 0.05) is 34.9 Å². The lowest BCUT2D eigenvalue weighted by Gasteiger charge is -2.14. The van der Waals surface area contributed by atoms with Crippen molar-refractivity contribution < 1.29 is 17.9 Å². The number of pyridine rings is 1. The smallest absolute Gasteiger partial charge is 0.204 e. The van der Waals surface area contributed by atoms with Crippen LogP contribution < -0.4 is 5.32 Å². The molecule has 1 atom stereocenters. The van der Waals surface area contributed by atoms with Crippen LogP contribution in [0.3, 0.4) is 0 Å². The Morgan fingerprint density at radius 3 is 2.94 bits per heavy atom. The van der Waals surface area contributed by atoms with Crippen LogP contribution in [0.2, 0.25) is 0 Å². The molecule has 0 aliphatic carbocycles. The zero-order valence-electron chi connectivity index (χ0n) is 16.2. The number of anilines is 2. The lowest BCUT2D eigenvalue weighted by atomic mass is 10.1. The SMILES string of the molecule is O=S1(=O)C=C(O[C@@H]2CCOC2)c2cc3nccc(Nc4ccc5scnc5c4)c3cc21. The topological polar surface area (TPSA) is 90.4 Å². The van der Waals surface area contributed by atoms with Gasteiger partial charge in [-0.05, 0) is 36.4 Å². The Balaban J connectivity index is 1.42. The Bertz CT molecular complexity index is 1470. The number of benzene rings is 2. The minimum Gasteiger partial charge on any atom is -0.487 e. The molecule has 0 saturated carbocycles. The van der Waals surface area contributed by atoms with E-state index in [1.807, 2.05) is 29.8 Å². The van der Waals surface area contributed by atoms with Crippen molar-refractivity contribution in [3.8, 4) is 0 Å². The van der Waals surface area contributed by atoms with E-state index in [9.17, 15) is 8.42 Å². The fraction of sp³-hybridized carbons (Fsp3) is 0.182. The minimum absolute atomic E-state index is 0.135. The number of ether oxygens (including phenoxy) is 2. The predicted molar refractivity (Wildman–Crippen MR) is 120 cm³/mol. The van der Waals surface area contributed by atoms with Crippen LogP contribution in [0.1, 0.15) is 12.0 Å². The molecular weight excluding hydrogens is 434 g/mol. The molecule has 4 heterocycles. The molecule has 1 N–H and O–H groups in total. The summed E-state index contributed by atoms with van der Waals surface area (Å²) in [6, 6.07) is 11.3. The quantitative estimate of drug-likeness (QED) is 0.489. The number of thiazole rings is 1. The molecule has 9 heteroatoms. The Labute approximate surface area is 182 Å². The Kier molecular flexibility index (Phi) is 4.24. The fourth-order valence-corrected chi connectivity index (χ4v) is 5.94. The van der Waals surface area contributed by atoms with Gasteiger partial charge in [0.25, 0.3) is 0 Å². The van der Waals surface area contributed by atoms with Crippen molar-refractivity contribution in [2.45, 2.75) is 17.4 Å². The Morgan fingerprint density at radius 1 is 1.13 bits per heavy atom. The highest BCUT2D eigenvalue weighted by molar-refractivity contribution is 7.95. The lowest BCUT2D eigenvalue weighted by molar-refractivity contribution is 0.124. The molecule has 0 radical (unpaired) electrons. The number of nitrogens with one attached hydrogen (secondary N) is 1. The molecule has 0 unspecified atom stereocenters. The summed E-state index contributed by atoms with van der Waals surface area (Å²) >= 11 is 1.59. The average Bonchev–Trinajstić information content (AvgIpc) is 3.48. The molecule has 31 heavy (non-hydrogen) atoms. The van der Waals surface area contributed by atoms with Gasteiger partial charge in [0.15, 0.2) is 0 Å². The van der Waals surface area contributed by atoms with Crippen LogP contribution in [-0.2, 0) is 19.3 Å². The molecule has 0 spiro atoms. The van der Waals surface area contributed by atoms with E-state index in [0.717, 1.165) is 33.4 Å². The highest BCUT2D eigenvalue weighted by Crippen LogP contribution is 2.39. The minimum atomic E-state index is -3.59. The number of hydrogen-bond acceptors (Lipinski definition) is 8. The summed E-state index contributed by atoms with van der Waals surface area (Å²) in [6.45, 7) is 1.09. The zero-order valence-corrected chi connectivity index (χ0v) is 17.9. The molecule has 0 amide bonds. The summed E-state index contributed by atoms with van der Waals surface area (Å²) in [4.78, 5) is 9.06. The van der Waals surface area contributed by atoms with E-state index in [4.69, 9.17) is 9.47 Å². The molecule has 0 bridgehead atoms. The molecule has 1 fully saturated rings. The van der Waals surface area contributed by atoms with Crippen LogP contribution in [-0.4, -0.2) is 37.7 Å². The van der Waals surface area contributed by atoms with E-state index in [1.54, 1.807) is 29.7 Å². The molecule has 1 saturated heterocycles. The van der Waals surface area contributed by atoms with E-state index in [-0.39, 0.29) is 11.0 Å². The lowest BCUT2D eigenvalue weighted by Crippen LogP contribution is -2.10. The van der Waals surface area contributed by atoms with Crippen LogP contribution in [0.25, 0.3) is 26.9 Å². The predicted octanol–water partition coefficient (Wildman–Crippen LogP) is 4.48. The summed E-state index contributed by atoms with van der Waals surface area (Å²) < 4.78 is 38.1. The van der Waals surface area contributed by atoms with Gasteiger partial charge in [-0.2, -0.15) is 0 Å². The number of sulfone groups is 1. The van der Waals surface area contributed by atoms with Crippen molar-refractivity contribution in [2.24, 2.45) is 0 Å². The monoisotopic (exact) mass is 451 g/mol. The molecule has 2 aliphatic rings. The van der Waals surface area contributed by atoms with Gasteiger partial charge >= 0.3 is 0 Å². The molecular formula is C22H17N3O4S2. The first-order chi connectivity index (χ1) is 15.1. The fourth-order valence-electron chi connectivity index (χ4n) is 3.95. The van der Waals surface area contributed by atoms with Gasteiger partial charge in [-0.15, -0.1) is 11.3 Å². The summed E-state index contributed by atoms with van der Waals surface area (Å²) in [5.41, 5.74) is 5.61. The zero-order chi connectivity index (χ0) is 21.0. The second-order valence-corrected chi connectivity index (χ2v) is 10.2. The summed E-state index contributed by atoms with van der Waals surface area (Å²) in [5, 5.41) is 5.31. The summed E-state index contributed by atoms with van der Waals surface area (Å²) in [5.74, 6) is 0.363. The van der Waals surface area contributed by atoms with Gasteiger partial charge in [0.1, 0.15) is 11.9 Å². The van der Waals surface area contributed by atoms with Gasteiger partial charge in [-0.1, -0.05) is 0 Å². The van der Waals surface area contributed by atoms with Crippen molar-refractivity contribution in [3.63, 3.8) is 0 Å². The van der Waals surface area contributed by atoms with Gasteiger partial charge in [0.2, 0.25) is 9.84 Å². The van der Waals surface area contributed by atoms with E-state index in [0.29, 0.717) is 30.1 Å². The van der Waals surface area contributed by atoms with Crippen molar-refractivity contribution >= 4 is 59.4 Å². The van der Waals surface area contributed by atoms with Gasteiger partial charge in [-0.25, -0.2) is 13.4 Å². The highest BCUT2D eigenvalue weighted by atomic mass is 32.2. The van der Waals surface area contributed by atoms with Crippen LogP contribution in [0.4, 0.5) is 11.4 Å². The highest BCUT2D eigenvalue weighted by Gasteiger charge is 2.31. The number of nitrogens with zero attached hydrogens (tertiary/aromatic N) is 2. The first kappa shape index (κ1) is 18.7. The molecule has 156 valence electrons. The van der Waals surface area contributed by atoms with E-state index in [2.05, 4.69) is 15.3 Å². The third-order valence-electron chi connectivity index (χ3n) is 5.47. The molecule has 2 aliphatic heterocycles. The van der Waals surface area contributed by atoms with Crippen molar-refractivity contribution in [2.75, 3.05) is 18.5 Å². The molecule has 6 rings (SSSR count). The Hall–Kier alpha value is -3.01. The van der Waals surface area contributed by atoms with Gasteiger partial charge in [0.05, 0.1) is 44.8 Å². The number of aromatic nitrogens is 2. The maximum Gasteiger partial charge on any atom is 0.204 e. The molecule has 7 nitrogen and oxygen atoms in total. The van der Waals surface area contributed by atoms with Gasteiger partial charge in [-0.3, -0.25) is 4.98 Å². The molecule has 4 aromatic rings. The number of rotatable bonds is 4. The normalized spacial score (nSPS) is 19.5. The maximum absolute atomic E-state index is 12.8. The van der Waals surface area contributed by atoms with E-state index >= 15 is 0 Å². The van der Waals surface area contributed by atoms with Crippen LogP contribution in [0.15, 0.2) is 58.4 Å². The third kappa shape index (κ3) is 3.25.